The van der Waals surface area contributed by atoms with Crippen molar-refractivity contribution in [3.8, 4) is 6.07 Å². The molecule has 0 saturated carbocycles. The van der Waals surface area contributed by atoms with Gasteiger partial charge in [0.2, 0.25) is 5.91 Å². The lowest BCUT2D eigenvalue weighted by atomic mass is 10.1. The molecule has 0 aliphatic carbocycles. The smallest absolute Gasteiger partial charge is 0.224 e. The molecule has 34 heavy (non-hydrogen) atoms. The predicted molar refractivity (Wildman–Crippen MR) is 139 cm³/mol. The van der Waals surface area contributed by atoms with Gasteiger partial charge in [-0.15, -0.1) is 0 Å². The molecule has 2 aromatic heterocycles. The number of hydrogen-bond acceptors (Lipinski definition) is 4. The fourth-order valence-corrected chi connectivity index (χ4v) is 4.35. The number of aryl methyl sites for hydroxylation is 1. The molecule has 3 aromatic carbocycles. The van der Waals surface area contributed by atoms with Crippen molar-refractivity contribution in [2.75, 3.05) is 10.6 Å². The maximum absolute atomic E-state index is 12.7. The van der Waals surface area contributed by atoms with E-state index in [0.717, 1.165) is 37.5 Å². The van der Waals surface area contributed by atoms with Gasteiger partial charge in [-0.05, 0) is 54.3 Å². The SMILES string of the molecule is N#Cc1cnc(Nc2cccc(Br)c2)c2cc(NC(=O)CCc3cc4ccccc4[nH]3)ccc12. The minimum absolute atomic E-state index is 0.0797. The van der Waals surface area contributed by atoms with Gasteiger partial charge >= 0.3 is 0 Å². The number of rotatable bonds is 6. The summed E-state index contributed by atoms with van der Waals surface area (Å²) in [6, 6.07) is 25.6. The van der Waals surface area contributed by atoms with E-state index in [1.807, 2.05) is 66.7 Å². The first-order chi connectivity index (χ1) is 16.6. The number of nitrogens with one attached hydrogen (secondary N) is 3. The van der Waals surface area contributed by atoms with E-state index in [9.17, 15) is 10.1 Å². The number of fused-ring (bicyclic) bond motifs is 2. The molecule has 5 aromatic rings. The number of nitriles is 1. The molecule has 0 spiro atoms. The van der Waals surface area contributed by atoms with Crippen molar-refractivity contribution >= 4 is 60.7 Å². The molecular weight excluding hydrogens is 490 g/mol. The highest BCUT2D eigenvalue weighted by Gasteiger charge is 2.11. The second-order valence-electron chi connectivity index (χ2n) is 7.96. The maximum atomic E-state index is 12.7. The number of hydrogen-bond donors (Lipinski definition) is 3. The Morgan fingerprint density at radius 3 is 2.71 bits per heavy atom. The first-order valence-corrected chi connectivity index (χ1v) is 11.6. The molecule has 3 N–H and O–H groups in total. The maximum Gasteiger partial charge on any atom is 0.224 e. The average molecular weight is 510 g/mol. The van der Waals surface area contributed by atoms with Crippen LogP contribution in [0.5, 0.6) is 0 Å². The Hall–Kier alpha value is -4.15. The Kier molecular flexibility index (Phi) is 5.98. The lowest BCUT2D eigenvalue weighted by Crippen LogP contribution is -2.12. The first kappa shape index (κ1) is 21.7. The summed E-state index contributed by atoms with van der Waals surface area (Å²) in [5.74, 6) is 0.533. The summed E-state index contributed by atoms with van der Waals surface area (Å²) in [5.41, 5.74) is 4.09. The van der Waals surface area contributed by atoms with E-state index >= 15 is 0 Å². The number of carbonyl (C=O) groups is 1. The molecule has 1 amide bonds. The normalized spacial score (nSPS) is 10.8. The van der Waals surface area contributed by atoms with Crippen LogP contribution in [0.1, 0.15) is 17.7 Å². The van der Waals surface area contributed by atoms with Crippen LogP contribution in [0, 0.1) is 11.3 Å². The molecule has 0 aliphatic heterocycles. The fourth-order valence-electron chi connectivity index (χ4n) is 3.95. The molecular formula is C27H20BrN5O. The van der Waals surface area contributed by atoms with Crippen molar-refractivity contribution < 1.29 is 4.79 Å². The summed E-state index contributed by atoms with van der Waals surface area (Å²) < 4.78 is 0.943. The highest BCUT2D eigenvalue weighted by atomic mass is 79.9. The number of halogens is 1. The van der Waals surface area contributed by atoms with Gasteiger partial charge in [-0.2, -0.15) is 5.26 Å². The van der Waals surface area contributed by atoms with Gasteiger partial charge in [0.25, 0.3) is 0 Å². The van der Waals surface area contributed by atoms with Crippen LogP contribution in [0.4, 0.5) is 17.2 Å². The average Bonchev–Trinajstić information content (AvgIpc) is 3.26. The number of benzene rings is 3. The van der Waals surface area contributed by atoms with E-state index in [-0.39, 0.29) is 5.91 Å². The Morgan fingerprint density at radius 2 is 1.88 bits per heavy atom. The molecule has 0 radical (unpaired) electrons. The van der Waals surface area contributed by atoms with Crippen LogP contribution in [-0.4, -0.2) is 15.9 Å². The zero-order valence-corrected chi connectivity index (χ0v) is 19.7. The van der Waals surface area contributed by atoms with Crippen LogP contribution < -0.4 is 10.6 Å². The van der Waals surface area contributed by atoms with Gasteiger partial charge in [0.05, 0.1) is 5.56 Å². The molecule has 0 aliphatic rings. The van der Waals surface area contributed by atoms with Crippen LogP contribution in [0.2, 0.25) is 0 Å². The van der Waals surface area contributed by atoms with Gasteiger partial charge < -0.3 is 15.6 Å². The fraction of sp³-hybridized carbons (Fsp3) is 0.0741. The third kappa shape index (κ3) is 4.63. The number of nitrogens with zero attached hydrogens (tertiary/aromatic N) is 2. The van der Waals surface area contributed by atoms with E-state index in [1.165, 1.54) is 0 Å². The third-order valence-electron chi connectivity index (χ3n) is 5.59. The summed E-state index contributed by atoms with van der Waals surface area (Å²) in [7, 11) is 0. The molecule has 166 valence electrons. The van der Waals surface area contributed by atoms with Crippen molar-refractivity contribution in [3.63, 3.8) is 0 Å². The van der Waals surface area contributed by atoms with Gasteiger partial charge in [-0.25, -0.2) is 4.98 Å². The zero-order chi connectivity index (χ0) is 23.5. The number of para-hydroxylation sites is 1. The Morgan fingerprint density at radius 1 is 1.00 bits per heavy atom. The molecule has 0 fully saturated rings. The minimum atomic E-state index is -0.0797. The van der Waals surface area contributed by atoms with Crippen molar-refractivity contribution in [1.82, 2.24) is 9.97 Å². The molecule has 6 nitrogen and oxygen atoms in total. The van der Waals surface area contributed by atoms with Gasteiger partial charge in [-0.3, -0.25) is 4.79 Å². The third-order valence-corrected chi connectivity index (χ3v) is 6.08. The zero-order valence-electron chi connectivity index (χ0n) is 18.1. The molecule has 0 saturated heterocycles. The molecule has 0 unspecified atom stereocenters. The van der Waals surface area contributed by atoms with Crippen molar-refractivity contribution in [2.45, 2.75) is 12.8 Å². The van der Waals surface area contributed by atoms with Crippen LogP contribution >= 0.6 is 15.9 Å². The van der Waals surface area contributed by atoms with Crippen LogP contribution in [0.15, 0.2) is 83.5 Å². The number of anilines is 3. The second-order valence-corrected chi connectivity index (χ2v) is 8.87. The van der Waals surface area contributed by atoms with Gasteiger partial charge in [0, 0.05) is 50.4 Å². The topological polar surface area (TPSA) is 93.6 Å². The lowest BCUT2D eigenvalue weighted by molar-refractivity contribution is -0.116. The van der Waals surface area contributed by atoms with Crippen LogP contribution in [0.3, 0.4) is 0 Å². The predicted octanol–water partition coefficient (Wildman–Crippen LogP) is 6.67. The number of amides is 1. The summed E-state index contributed by atoms with van der Waals surface area (Å²) >= 11 is 3.47. The minimum Gasteiger partial charge on any atom is -0.358 e. The number of pyridine rings is 1. The van der Waals surface area contributed by atoms with Crippen molar-refractivity contribution in [3.05, 3.63) is 94.7 Å². The first-order valence-electron chi connectivity index (χ1n) is 10.8. The highest BCUT2D eigenvalue weighted by molar-refractivity contribution is 9.10. The Labute approximate surface area is 204 Å². The van der Waals surface area contributed by atoms with Gasteiger partial charge in [-0.1, -0.05) is 46.3 Å². The Bertz CT molecular complexity index is 1530. The summed E-state index contributed by atoms with van der Waals surface area (Å²) in [6.45, 7) is 0. The lowest BCUT2D eigenvalue weighted by Gasteiger charge is -2.12. The number of H-pyrrole nitrogens is 1. The van der Waals surface area contributed by atoms with E-state index in [1.54, 1.807) is 6.20 Å². The summed E-state index contributed by atoms with van der Waals surface area (Å²) in [4.78, 5) is 20.5. The van der Waals surface area contributed by atoms with E-state index in [0.29, 0.717) is 29.9 Å². The van der Waals surface area contributed by atoms with Crippen molar-refractivity contribution in [2.24, 2.45) is 0 Å². The standard InChI is InChI=1S/C27H20BrN5O/c28-19-5-3-6-20(13-19)33-27-24-14-22(8-10-23(24)18(15-29)16-30-27)32-26(34)11-9-21-12-17-4-1-2-7-25(17)31-21/h1-8,10,12-14,16,31H,9,11H2,(H,30,33)(H,32,34). The van der Waals surface area contributed by atoms with Gasteiger partial charge in [0.15, 0.2) is 0 Å². The molecule has 7 heteroatoms. The van der Waals surface area contributed by atoms with Gasteiger partial charge in [0.1, 0.15) is 11.9 Å². The monoisotopic (exact) mass is 509 g/mol. The second kappa shape index (κ2) is 9.38. The van der Waals surface area contributed by atoms with Crippen LogP contribution in [-0.2, 0) is 11.2 Å². The molecule has 5 rings (SSSR count). The largest absolute Gasteiger partial charge is 0.358 e. The van der Waals surface area contributed by atoms with E-state index in [2.05, 4.69) is 48.7 Å². The number of aromatic nitrogens is 2. The summed E-state index contributed by atoms with van der Waals surface area (Å²) in [5, 5.41) is 18.5. The molecule has 0 atom stereocenters. The van der Waals surface area contributed by atoms with E-state index < -0.39 is 0 Å². The highest BCUT2D eigenvalue weighted by Crippen LogP contribution is 2.30. The van der Waals surface area contributed by atoms with Crippen molar-refractivity contribution in [1.29, 1.82) is 5.26 Å². The molecule has 0 bridgehead atoms. The van der Waals surface area contributed by atoms with Crippen LogP contribution in [0.25, 0.3) is 21.7 Å². The number of carbonyl (C=O) groups excluding carboxylic acids is 1. The summed E-state index contributed by atoms with van der Waals surface area (Å²) in [6.07, 6.45) is 2.52. The Balaban J connectivity index is 1.36. The quantitative estimate of drug-likeness (QED) is 0.238. The number of aromatic amines is 1. The van der Waals surface area contributed by atoms with E-state index in [4.69, 9.17) is 0 Å². The molecule has 2 heterocycles.